The number of hydrogen-bond acceptors (Lipinski definition) is 3. The van der Waals surface area contributed by atoms with Crippen molar-refractivity contribution in [1.29, 1.82) is 0 Å². The Hall–Kier alpha value is -2.34. The predicted octanol–water partition coefficient (Wildman–Crippen LogP) is 2.89. The van der Waals surface area contributed by atoms with Crippen LogP contribution in [0.25, 0.3) is 0 Å². The number of hydrogen-bond donors (Lipinski definition) is 3. The molecule has 0 spiro atoms. The van der Waals surface area contributed by atoms with Crippen molar-refractivity contribution in [2.75, 3.05) is 11.9 Å². The minimum atomic E-state index is -0.509. The molecule has 3 amide bonds. The van der Waals surface area contributed by atoms with Gasteiger partial charge in [0.25, 0.3) is 0 Å². The molecular weight excluding hydrogens is 346 g/mol. The topological polar surface area (TPSA) is 70.2 Å². The molecule has 5 nitrogen and oxygen atoms in total. The van der Waals surface area contributed by atoms with E-state index in [2.05, 4.69) is 31.9 Å². The maximum absolute atomic E-state index is 11.7. The molecule has 22 heavy (non-hydrogen) atoms. The molecular formula is C16H16BrN3O2. The molecule has 6 heteroatoms. The molecule has 2 rings (SSSR count). The van der Waals surface area contributed by atoms with Crippen molar-refractivity contribution in [1.82, 2.24) is 10.6 Å². The summed E-state index contributed by atoms with van der Waals surface area (Å²) in [7, 11) is 0. The summed E-state index contributed by atoms with van der Waals surface area (Å²) in [5.74, 6) is -0.398. The molecule has 0 aliphatic rings. The fourth-order valence-electron chi connectivity index (χ4n) is 1.77. The number of halogens is 1. The molecule has 2 aromatic rings. The molecule has 0 fully saturated rings. The Kier molecular flexibility index (Phi) is 5.97. The summed E-state index contributed by atoms with van der Waals surface area (Å²) >= 11 is 3.35. The quantitative estimate of drug-likeness (QED) is 0.766. The number of benzene rings is 2. The number of amides is 3. The average Bonchev–Trinajstić information content (AvgIpc) is 2.52. The molecule has 0 unspecified atom stereocenters. The van der Waals surface area contributed by atoms with Crippen LogP contribution in [0.1, 0.15) is 5.56 Å². The molecule has 0 radical (unpaired) electrons. The second-order valence-corrected chi connectivity index (χ2v) is 5.50. The second kappa shape index (κ2) is 8.19. The lowest BCUT2D eigenvalue weighted by Crippen LogP contribution is -2.41. The van der Waals surface area contributed by atoms with Crippen molar-refractivity contribution in [3.63, 3.8) is 0 Å². The maximum atomic E-state index is 11.7. The van der Waals surface area contributed by atoms with Crippen molar-refractivity contribution in [3.8, 4) is 0 Å². The summed E-state index contributed by atoms with van der Waals surface area (Å²) in [6.07, 6.45) is 0. The first-order chi connectivity index (χ1) is 10.6. The SMILES string of the molecule is O=C(CNc1cccc(Br)c1)NC(=O)NCc1ccccc1. The highest BCUT2D eigenvalue weighted by molar-refractivity contribution is 9.10. The molecule has 0 bridgehead atoms. The van der Waals surface area contributed by atoms with Gasteiger partial charge in [-0.15, -0.1) is 0 Å². The van der Waals surface area contributed by atoms with E-state index in [0.717, 1.165) is 15.7 Å². The number of imide groups is 1. The molecule has 0 heterocycles. The summed E-state index contributed by atoms with van der Waals surface area (Å²) in [4.78, 5) is 23.3. The molecule has 0 saturated heterocycles. The lowest BCUT2D eigenvalue weighted by molar-refractivity contribution is -0.118. The maximum Gasteiger partial charge on any atom is 0.321 e. The molecule has 0 aliphatic carbocycles. The zero-order chi connectivity index (χ0) is 15.8. The lowest BCUT2D eigenvalue weighted by Gasteiger charge is -2.08. The normalized spacial score (nSPS) is 9.86. The first-order valence-corrected chi connectivity index (χ1v) is 7.54. The van der Waals surface area contributed by atoms with Crippen LogP contribution in [0.2, 0.25) is 0 Å². The van der Waals surface area contributed by atoms with E-state index in [4.69, 9.17) is 0 Å². The van der Waals surface area contributed by atoms with E-state index in [1.807, 2.05) is 54.6 Å². The summed E-state index contributed by atoms with van der Waals surface area (Å²) in [6, 6.07) is 16.4. The Bertz CT molecular complexity index is 647. The number of carbonyl (C=O) groups excluding carboxylic acids is 2. The van der Waals surface area contributed by atoms with E-state index in [1.54, 1.807) is 0 Å². The Morgan fingerprint density at radius 1 is 1.00 bits per heavy atom. The van der Waals surface area contributed by atoms with Gasteiger partial charge < -0.3 is 10.6 Å². The van der Waals surface area contributed by atoms with Crippen LogP contribution in [0.4, 0.5) is 10.5 Å². The van der Waals surface area contributed by atoms with Crippen LogP contribution in [0.15, 0.2) is 59.1 Å². The Balaban J connectivity index is 1.71. The zero-order valence-corrected chi connectivity index (χ0v) is 13.4. The number of nitrogens with one attached hydrogen (secondary N) is 3. The third-order valence-electron chi connectivity index (χ3n) is 2.83. The highest BCUT2D eigenvalue weighted by Crippen LogP contribution is 2.15. The molecule has 0 saturated carbocycles. The fourth-order valence-corrected chi connectivity index (χ4v) is 2.17. The largest absolute Gasteiger partial charge is 0.376 e. The molecule has 3 N–H and O–H groups in total. The summed E-state index contributed by atoms with van der Waals surface area (Å²) < 4.78 is 0.915. The Labute approximate surface area is 137 Å². The highest BCUT2D eigenvalue weighted by atomic mass is 79.9. The molecule has 114 valence electrons. The van der Waals surface area contributed by atoms with Gasteiger partial charge >= 0.3 is 6.03 Å². The zero-order valence-electron chi connectivity index (χ0n) is 11.8. The highest BCUT2D eigenvalue weighted by Gasteiger charge is 2.07. The minimum absolute atomic E-state index is 0.0230. The minimum Gasteiger partial charge on any atom is -0.376 e. The van der Waals surface area contributed by atoms with Crippen LogP contribution in [0.5, 0.6) is 0 Å². The van der Waals surface area contributed by atoms with E-state index in [0.29, 0.717) is 6.54 Å². The summed E-state index contributed by atoms with van der Waals surface area (Å²) in [5.41, 5.74) is 1.77. The van der Waals surface area contributed by atoms with Gasteiger partial charge in [0, 0.05) is 16.7 Å². The van der Waals surface area contributed by atoms with Crippen molar-refractivity contribution in [2.45, 2.75) is 6.54 Å². The number of urea groups is 1. The van der Waals surface area contributed by atoms with Crippen LogP contribution >= 0.6 is 15.9 Å². The molecule has 0 atom stereocenters. The predicted molar refractivity (Wildman–Crippen MR) is 89.5 cm³/mol. The van der Waals surface area contributed by atoms with Gasteiger partial charge in [-0.05, 0) is 23.8 Å². The number of rotatable bonds is 5. The monoisotopic (exact) mass is 361 g/mol. The van der Waals surface area contributed by atoms with E-state index < -0.39 is 11.9 Å². The van der Waals surface area contributed by atoms with Gasteiger partial charge in [0.15, 0.2) is 0 Å². The second-order valence-electron chi connectivity index (χ2n) is 4.58. The first kappa shape index (κ1) is 16.0. The lowest BCUT2D eigenvalue weighted by atomic mass is 10.2. The van der Waals surface area contributed by atoms with Crippen LogP contribution in [0, 0.1) is 0 Å². The first-order valence-electron chi connectivity index (χ1n) is 6.74. The van der Waals surface area contributed by atoms with E-state index >= 15 is 0 Å². The van der Waals surface area contributed by atoms with Gasteiger partial charge in [-0.1, -0.05) is 52.3 Å². The third-order valence-corrected chi connectivity index (χ3v) is 3.32. The number of carbonyl (C=O) groups is 2. The Morgan fingerprint density at radius 3 is 2.50 bits per heavy atom. The van der Waals surface area contributed by atoms with Crippen LogP contribution < -0.4 is 16.0 Å². The smallest absolute Gasteiger partial charge is 0.321 e. The van der Waals surface area contributed by atoms with Crippen molar-refractivity contribution in [3.05, 3.63) is 64.6 Å². The standard InChI is InChI=1S/C16H16BrN3O2/c17-13-7-4-8-14(9-13)18-11-15(21)20-16(22)19-10-12-5-2-1-3-6-12/h1-9,18H,10-11H2,(H2,19,20,21,22). The molecule has 2 aromatic carbocycles. The van der Waals surface area contributed by atoms with Crippen LogP contribution in [-0.4, -0.2) is 18.5 Å². The third kappa shape index (κ3) is 5.57. The number of anilines is 1. The van der Waals surface area contributed by atoms with Crippen molar-refractivity contribution < 1.29 is 9.59 Å². The van der Waals surface area contributed by atoms with Crippen LogP contribution in [0.3, 0.4) is 0 Å². The fraction of sp³-hybridized carbons (Fsp3) is 0.125. The van der Waals surface area contributed by atoms with E-state index in [-0.39, 0.29) is 6.54 Å². The van der Waals surface area contributed by atoms with Crippen molar-refractivity contribution >= 4 is 33.6 Å². The van der Waals surface area contributed by atoms with Gasteiger partial charge in [-0.25, -0.2) is 4.79 Å². The van der Waals surface area contributed by atoms with E-state index in [9.17, 15) is 9.59 Å². The molecule has 0 aromatic heterocycles. The summed E-state index contributed by atoms with van der Waals surface area (Å²) in [6.45, 7) is 0.397. The van der Waals surface area contributed by atoms with Crippen LogP contribution in [-0.2, 0) is 11.3 Å². The Morgan fingerprint density at radius 2 is 1.77 bits per heavy atom. The van der Waals surface area contributed by atoms with Gasteiger partial charge in [0.2, 0.25) is 5.91 Å². The van der Waals surface area contributed by atoms with Gasteiger partial charge in [0.05, 0.1) is 6.54 Å². The van der Waals surface area contributed by atoms with E-state index in [1.165, 1.54) is 0 Å². The average molecular weight is 362 g/mol. The van der Waals surface area contributed by atoms with Crippen molar-refractivity contribution in [2.24, 2.45) is 0 Å². The molecule has 0 aliphatic heterocycles. The summed E-state index contributed by atoms with van der Waals surface area (Å²) in [5, 5.41) is 7.85. The van der Waals surface area contributed by atoms with Gasteiger partial charge in [-0.2, -0.15) is 0 Å². The van der Waals surface area contributed by atoms with Gasteiger partial charge in [0.1, 0.15) is 0 Å². The van der Waals surface area contributed by atoms with Gasteiger partial charge in [-0.3, -0.25) is 10.1 Å².